The van der Waals surface area contributed by atoms with Gasteiger partial charge in [0, 0.05) is 0 Å². The van der Waals surface area contributed by atoms with E-state index in [0.29, 0.717) is 0 Å². The van der Waals surface area contributed by atoms with Gasteiger partial charge in [-0.3, -0.25) is 0 Å². The summed E-state index contributed by atoms with van der Waals surface area (Å²) >= 11 is -3.51. The van der Waals surface area contributed by atoms with Crippen LogP contribution in [0.1, 0.15) is 207 Å². The molecule has 0 aliphatic heterocycles. The molecule has 268 valence electrons. The number of rotatable bonds is 36. The van der Waals surface area contributed by atoms with E-state index in [1.54, 1.807) is 0 Å². The molecule has 0 aromatic heterocycles. The van der Waals surface area contributed by atoms with E-state index < -0.39 is 55.9 Å². The predicted molar refractivity (Wildman–Crippen MR) is 195 cm³/mol. The van der Waals surface area contributed by atoms with Gasteiger partial charge in [0.2, 0.25) is 0 Å². The van der Waals surface area contributed by atoms with Crippen LogP contribution in [0.15, 0.2) is 12.2 Å². The van der Waals surface area contributed by atoms with Crippen molar-refractivity contribution in [2.24, 2.45) is 0 Å². The number of hydrogen-bond acceptors (Lipinski definition) is 6. The fourth-order valence-corrected chi connectivity index (χ4v) is 8.86. The second-order valence-corrected chi connectivity index (χ2v) is 16.5. The molecule has 0 aromatic rings. The van der Waals surface area contributed by atoms with E-state index in [9.17, 15) is 9.59 Å². The summed E-state index contributed by atoms with van der Waals surface area (Å²) in [5.41, 5.74) is 0. The molecule has 0 unspecified atom stereocenters. The second-order valence-electron chi connectivity index (χ2n) is 13.0. The minimum absolute atomic E-state index is 0.191. The van der Waals surface area contributed by atoms with Gasteiger partial charge in [0.15, 0.2) is 0 Å². The van der Waals surface area contributed by atoms with Crippen molar-refractivity contribution < 1.29 is 21.9 Å². The first-order valence-corrected chi connectivity index (χ1v) is 24.1. The Morgan fingerprint density at radius 2 is 0.652 bits per heavy atom. The molecule has 0 heterocycles. The molecule has 0 aliphatic rings. The first kappa shape index (κ1) is 46.2. The Morgan fingerprint density at radius 3 is 0.913 bits per heavy atom. The van der Waals surface area contributed by atoms with E-state index in [1.807, 2.05) is 0 Å². The topological polar surface area (TPSA) is 71.1 Å². The number of carbonyl (C=O) groups excluding carboxylic acids is 2. The zero-order valence-electron chi connectivity index (χ0n) is 30.6. The van der Waals surface area contributed by atoms with Gasteiger partial charge in [-0.05, 0) is 0 Å². The van der Waals surface area contributed by atoms with Crippen LogP contribution in [0.3, 0.4) is 0 Å². The molecule has 4 radical (unpaired) electrons. The van der Waals surface area contributed by atoms with Gasteiger partial charge in [0.25, 0.3) is 0 Å². The van der Waals surface area contributed by atoms with Crippen molar-refractivity contribution >= 4 is 55.9 Å². The number of unbranched alkanes of at least 4 members (excludes halogenated alkanes) is 20. The van der Waals surface area contributed by atoms with E-state index in [0.717, 1.165) is 25.7 Å². The second kappa shape index (κ2) is 38.0. The van der Waals surface area contributed by atoms with Crippen LogP contribution >= 0.6 is 0 Å². The van der Waals surface area contributed by atoms with Crippen molar-refractivity contribution in [2.75, 3.05) is 0 Å². The monoisotopic (exact) mass is 864 g/mol. The Hall–Kier alpha value is 0.197. The fraction of sp³-hybridized carbons (Fsp3) is 0.895. The molecule has 8 heteroatoms. The Balaban J connectivity index is 4.44. The standard InChI is InChI=1S/2C17H35O.C4H4O4.2Sn/c2*1-3-5-7-9-11-13-15-17(18)16-14-12-10-8-6-4-2;5-3(6)1-2-4(7)8;;/h2*17H,3-16H2,1-2H3;1-2H,(H,5,6)(H,7,8);;/q2*-1;;2*+2/p-2/b;;2-1-;;. The summed E-state index contributed by atoms with van der Waals surface area (Å²) in [7, 11) is 0. The van der Waals surface area contributed by atoms with Crippen LogP contribution in [-0.4, -0.2) is 68.1 Å². The average molecular weight is 862 g/mol. The Kier molecular flexibility index (Phi) is 38.2. The van der Waals surface area contributed by atoms with E-state index in [1.165, 1.54) is 166 Å². The van der Waals surface area contributed by atoms with Crippen molar-refractivity contribution in [1.82, 2.24) is 0 Å². The van der Waals surface area contributed by atoms with Gasteiger partial charge >= 0.3 is 310 Å². The van der Waals surface area contributed by atoms with Gasteiger partial charge in [0.1, 0.15) is 0 Å². The Labute approximate surface area is 307 Å². The van der Waals surface area contributed by atoms with Gasteiger partial charge in [-0.25, -0.2) is 0 Å². The normalized spacial score (nSPS) is 11.7. The van der Waals surface area contributed by atoms with Gasteiger partial charge in [-0.1, -0.05) is 0 Å². The molecular weight excluding hydrogens is 790 g/mol. The molecule has 0 fully saturated rings. The van der Waals surface area contributed by atoms with Crippen molar-refractivity contribution in [3.05, 3.63) is 12.2 Å². The first-order valence-electron chi connectivity index (χ1n) is 19.5. The molecule has 0 bridgehead atoms. The summed E-state index contributed by atoms with van der Waals surface area (Å²) in [4.78, 5) is 24.6. The van der Waals surface area contributed by atoms with Crippen LogP contribution in [0.25, 0.3) is 0 Å². The first-order chi connectivity index (χ1) is 22.6. The van der Waals surface area contributed by atoms with Crippen LogP contribution in [-0.2, 0) is 21.9 Å². The third-order valence-corrected chi connectivity index (χ3v) is 12.7. The fourth-order valence-electron chi connectivity index (χ4n) is 5.60. The molecule has 0 aliphatic carbocycles. The molecule has 0 saturated carbocycles. The number of carbonyl (C=O) groups is 2. The van der Waals surface area contributed by atoms with Crippen LogP contribution in [0.4, 0.5) is 0 Å². The van der Waals surface area contributed by atoms with Crippen molar-refractivity contribution in [3.63, 3.8) is 0 Å². The van der Waals surface area contributed by atoms with Gasteiger partial charge < -0.3 is 0 Å². The maximum atomic E-state index is 12.3. The molecule has 0 amide bonds. The van der Waals surface area contributed by atoms with Crippen LogP contribution in [0.5, 0.6) is 0 Å². The molecule has 0 spiro atoms. The molecule has 0 aromatic carbocycles. The third kappa shape index (κ3) is 34.1. The molecule has 6 nitrogen and oxygen atoms in total. The minimum atomic E-state index is -1.76. The zero-order chi connectivity index (χ0) is 33.8. The van der Waals surface area contributed by atoms with Crippen molar-refractivity contribution in [3.8, 4) is 0 Å². The Bertz CT molecular complexity index is 602. The molecule has 0 saturated heterocycles. The van der Waals surface area contributed by atoms with Gasteiger partial charge in [-0.2, -0.15) is 0 Å². The molecule has 0 rings (SSSR count). The van der Waals surface area contributed by atoms with E-state index in [2.05, 4.69) is 27.7 Å². The Morgan fingerprint density at radius 1 is 0.413 bits per heavy atom. The summed E-state index contributed by atoms with van der Waals surface area (Å²) in [6.45, 7) is 8.99. The summed E-state index contributed by atoms with van der Waals surface area (Å²) in [6, 6.07) is 0. The average Bonchev–Trinajstić information content (AvgIpc) is 3.05. The van der Waals surface area contributed by atoms with Gasteiger partial charge in [0.05, 0.1) is 0 Å². The molecular formula is C38H72O6Sn2. The number of hydrogen-bond donors (Lipinski definition) is 0. The SMILES string of the molecule is CCCCCCCCC(CCCCCCCC)[O][Sn][O]C(=O)/C=C\C(=O)[O][Sn][O]C(CCCCCCCC)CCCCCCCC. The molecule has 46 heavy (non-hydrogen) atoms. The van der Waals surface area contributed by atoms with E-state index >= 15 is 0 Å². The van der Waals surface area contributed by atoms with Crippen molar-refractivity contribution in [1.29, 1.82) is 0 Å². The van der Waals surface area contributed by atoms with Crippen LogP contribution in [0.2, 0.25) is 0 Å². The van der Waals surface area contributed by atoms with E-state index in [-0.39, 0.29) is 12.2 Å². The van der Waals surface area contributed by atoms with Crippen molar-refractivity contribution in [2.45, 2.75) is 220 Å². The summed E-state index contributed by atoms with van der Waals surface area (Å²) in [5.74, 6) is -1.01. The predicted octanol–water partition coefficient (Wildman–Crippen LogP) is 11.5. The zero-order valence-corrected chi connectivity index (χ0v) is 36.3. The van der Waals surface area contributed by atoms with Crippen LogP contribution in [0, 0.1) is 0 Å². The summed E-state index contributed by atoms with van der Waals surface area (Å²) < 4.78 is 23.2. The van der Waals surface area contributed by atoms with E-state index in [4.69, 9.17) is 12.3 Å². The summed E-state index contributed by atoms with van der Waals surface area (Å²) in [5, 5.41) is 0. The third-order valence-electron chi connectivity index (χ3n) is 8.59. The quantitative estimate of drug-likeness (QED) is 0.0355. The van der Waals surface area contributed by atoms with Crippen LogP contribution < -0.4 is 0 Å². The molecule has 0 N–H and O–H groups in total. The summed E-state index contributed by atoms with van der Waals surface area (Å²) in [6.07, 6.45) is 37.4. The maximum absolute atomic E-state index is 12.3. The molecule has 0 atom stereocenters. The van der Waals surface area contributed by atoms with Gasteiger partial charge in [-0.15, -0.1) is 0 Å².